The van der Waals surface area contributed by atoms with Crippen molar-refractivity contribution in [1.29, 1.82) is 0 Å². The summed E-state index contributed by atoms with van der Waals surface area (Å²) in [4.78, 5) is 12.0. The Balaban J connectivity index is 2.03. The van der Waals surface area contributed by atoms with Crippen LogP contribution in [0.5, 0.6) is 0 Å². The molecule has 0 aliphatic carbocycles. The topological polar surface area (TPSA) is 17.1 Å². The number of Topliss-reactive ketones (excluding diaryl/α,β-unsaturated/α-hetero) is 1. The van der Waals surface area contributed by atoms with Crippen LogP contribution < -0.4 is 0 Å². The molecule has 0 saturated carbocycles. The summed E-state index contributed by atoms with van der Waals surface area (Å²) in [6.07, 6.45) is 0.694. The van der Waals surface area contributed by atoms with Gasteiger partial charge in [-0.05, 0) is 51.3 Å². The van der Waals surface area contributed by atoms with Gasteiger partial charge in [0.25, 0.3) is 0 Å². The molecular formula is C15H11Br2FO. The fourth-order valence-corrected chi connectivity index (χ4v) is 2.69. The smallest absolute Gasteiger partial charge is 0.141 e. The predicted molar refractivity (Wildman–Crippen MR) is 80.7 cm³/mol. The van der Waals surface area contributed by atoms with E-state index in [9.17, 15) is 9.18 Å². The second-order valence-electron chi connectivity index (χ2n) is 4.27. The van der Waals surface area contributed by atoms with Crippen molar-refractivity contribution in [2.45, 2.75) is 12.8 Å². The maximum atomic E-state index is 13.1. The van der Waals surface area contributed by atoms with Crippen molar-refractivity contribution in [1.82, 2.24) is 0 Å². The maximum Gasteiger partial charge on any atom is 0.141 e. The summed E-state index contributed by atoms with van der Waals surface area (Å²) >= 11 is 6.50. The van der Waals surface area contributed by atoms with Gasteiger partial charge in [0.15, 0.2) is 0 Å². The highest BCUT2D eigenvalue weighted by atomic mass is 79.9. The van der Waals surface area contributed by atoms with Gasteiger partial charge in [0.05, 0.1) is 4.47 Å². The Hall–Kier alpha value is -1.00. The highest BCUT2D eigenvalue weighted by molar-refractivity contribution is 9.10. The molecule has 0 saturated heterocycles. The van der Waals surface area contributed by atoms with E-state index in [1.165, 1.54) is 6.07 Å². The van der Waals surface area contributed by atoms with Gasteiger partial charge in [-0.25, -0.2) is 4.39 Å². The number of ketones is 1. The van der Waals surface area contributed by atoms with E-state index < -0.39 is 0 Å². The van der Waals surface area contributed by atoms with Crippen LogP contribution in [0, 0.1) is 5.82 Å². The molecule has 4 heteroatoms. The molecule has 0 fully saturated rings. The average Bonchev–Trinajstić information content (AvgIpc) is 2.34. The van der Waals surface area contributed by atoms with Crippen molar-refractivity contribution >= 4 is 37.6 Å². The van der Waals surface area contributed by atoms with Gasteiger partial charge < -0.3 is 0 Å². The number of hydrogen-bond acceptors (Lipinski definition) is 1. The van der Waals surface area contributed by atoms with E-state index in [0.717, 1.165) is 15.6 Å². The summed E-state index contributed by atoms with van der Waals surface area (Å²) in [6.45, 7) is 0. The van der Waals surface area contributed by atoms with Crippen LogP contribution in [-0.4, -0.2) is 5.78 Å². The molecule has 0 heterocycles. The lowest BCUT2D eigenvalue weighted by molar-refractivity contribution is -0.117. The van der Waals surface area contributed by atoms with Crippen molar-refractivity contribution in [2.24, 2.45) is 0 Å². The van der Waals surface area contributed by atoms with Gasteiger partial charge in [-0.2, -0.15) is 0 Å². The first kappa shape index (κ1) is 14.4. The van der Waals surface area contributed by atoms with Gasteiger partial charge in [0.1, 0.15) is 11.6 Å². The molecule has 0 atom stereocenters. The predicted octanol–water partition coefficient (Wildman–Crippen LogP) is 4.71. The van der Waals surface area contributed by atoms with Gasteiger partial charge in [0, 0.05) is 17.3 Å². The maximum absolute atomic E-state index is 13.1. The standard InChI is InChI=1S/C15H11Br2FO/c16-12-3-1-2-10(6-12)7-13(19)8-11-4-5-15(18)14(17)9-11/h1-6,9H,7-8H2. The lowest BCUT2D eigenvalue weighted by Crippen LogP contribution is -2.06. The van der Waals surface area contributed by atoms with E-state index in [1.54, 1.807) is 12.1 Å². The van der Waals surface area contributed by atoms with Crippen LogP contribution in [0.25, 0.3) is 0 Å². The first-order valence-corrected chi connectivity index (χ1v) is 7.33. The Morgan fingerprint density at radius 1 is 1.00 bits per heavy atom. The van der Waals surface area contributed by atoms with Gasteiger partial charge in [-0.1, -0.05) is 34.1 Å². The van der Waals surface area contributed by atoms with Gasteiger partial charge in [-0.15, -0.1) is 0 Å². The second kappa shape index (κ2) is 6.44. The van der Waals surface area contributed by atoms with Crippen molar-refractivity contribution in [2.75, 3.05) is 0 Å². The van der Waals surface area contributed by atoms with Crippen LogP contribution in [0.1, 0.15) is 11.1 Å². The monoisotopic (exact) mass is 384 g/mol. The van der Waals surface area contributed by atoms with E-state index in [0.29, 0.717) is 17.3 Å². The lowest BCUT2D eigenvalue weighted by Gasteiger charge is -2.04. The molecular weight excluding hydrogens is 375 g/mol. The van der Waals surface area contributed by atoms with E-state index in [-0.39, 0.29) is 11.6 Å². The molecule has 2 rings (SSSR count). The third-order valence-corrected chi connectivity index (χ3v) is 3.78. The molecule has 0 aliphatic heterocycles. The average molecular weight is 386 g/mol. The first-order valence-electron chi connectivity index (χ1n) is 5.74. The summed E-state index contributed by atoms with van der Waals surface area (Å²) in [5, 5.41) is 0. The lowest BCUT2D eigenvalue weighted by atomic mass is 10.0. The van der Waals surface area contributed by atoms with Crippen LogP contribution in [0.4, 0.5) is 4.39 Å². The Morgan fingerprint density at radius 3 is 2.32 bits per heavy atom. The Kier molecular flexibility index (Phi) is 4.88. The Labute approximate surface area is 128 Å². The normalized spacial score (nSPS) is 10.5. The zero-order chi connectivity index (χ0) is 13.8. The third-order valence-electron chi connectivity index (χ3n) is 2.68. The summed E-state index contributed by atoms with van der Waals surface area (Å²) in [7, 11) is 0. The largest absolute Gasteiger partial charge is 0.299 e. The molecule has 0 bridgehead atoms. The Morgan fingerprint density at radius 2 is 1.68 bits per heavy atom. The van der Waals surface area contributed by atoms with E-state index in [4.69, 9.17) is 0 Å². The number of rotatable bonds is 4. The highest BCUT2D eigenvalue weighted by Gasteiger charge is 2.07. The van der Waals surface area contributed by atoms with Gasteiger partial charge >= 0.3 is 0 Å². The van der Waals surface area contributed by atoms with Crippen LogP contribution in [-0.2, 0) is 17.6 Å². The molecule has 0 amide bonds. The Bertz CT molecular complexity index is 611. The number of halogens is 3. The van der Waals surface area contributed by atoms with Crippen molar-refractivity contribution in [3.05, 3.63) is 68.4 Å². The molecule has 2 aromatic carbocycles. The van der Waals surface area contributed by atoms with E-state index in [2.05, 4.69) is 31.9 Å². The van der Waals surface area contributed by atoms with Crippen LogP contribution in [0.2, 0.25) is 0 Å². The zero-order valence-electron chi connectivity index (χ0n) is 10.00. The molecule has 1 nitrogen and oxygen atoms in total. The van der Waals surface area contributed by atoms with Crippen LogP contribution >= 0.6 is 31.9 Å². The molecule has 0 spiro atoms. The summed E-state index contributed by atoms with van der Waals surface area (Å²) in [5.74, 6) is -0.209. The minimum atomic E-state index is -0.316. The third kappa shape index (κ3) is 4.25. The summed E-state index contributed by atoms with van der Waals surface area (Å²) < 4.78 is 14.4. The fourth-order valence-electron chi connectivity index (χ4n) is 1.81. The molecule has 0 aliphatic rings. The summed E-state index contributed by atoms with van der Waals surface area (Å²) in [5.41, 5.74) is 1.79. The minimum absolute atomic E-state index is 0.108. The number of carbonyl (C=O) groups excluding carboxylic acids is 1. The fraction of sp³-hybridized carbons (Fsp3) is 0.133. The van der Waals surface area contributed by atoms with E-state index in [1.807, 2.05) is 24.3 Å². The molecule has 19 heavy (non-hydrogen) atoms. The zero-order valence-corrected chi connectivity index (χ0v) is 13.2. The molecule has 98 valence electrons. The first-order chi connectivity index (χ1) is 9.04. The second-order valence-corrected chi connectivity index (χ2v) is 6.04. The summed E-state index contributed by atoms with van der Waals surface area (Å²) in [6, 6.07) is 12.3. The molecule has 0 N–H and O–H groups in total. The van der Waals surface area contributed by atoms with Crippen LogP contribution in [0.3, 0.4) is 0 Å². The quantitative estimate of drug-likeness (QED) is 0.745. The molecule has 0 aromatic heterocycles. The van der Waals surface area contributed by atoms with Crippen molar-refractivity contribution < 1.29 is 9.18 Å². The van der Waals surface area contributed by atoms with Gasteiger partial charge in [-0.3, -0.25) is 4.79 Å². The van der Waals surface area contributed by atoms with Crippen LogP contribution in [0.15, 0.2) is 51.4 Å². The minimum Gasteiger partial charge on any atom is -0.299 e. The van der Waals surface area contributed by atoms with E-state index >= 15 is 0 Å². The van der Waals surface area contributed by atoms with Crippen molar-refractivity contribution in [3.8, 4) is 0 Å². The molecule has 0 radical (unpaired) electrons. The SMILES string of the molecule is O=C(Cc1cccc(Br)c1)Cc1ccc(F)c(Br)c1. The van der Waals surface area contributed by atoms with Crippen molar-refractivity contribution in [3.63, 3.8) is 0 Å². The number of hydrogen-bond donors (Lipinski definition) is 0. The molecule has 0 unspecified atom stereocenters. The number of benzene rings is 2. The number of carbonyl (C=O) groups is 1. The van der Waals surface area contributed by atoms with Gasteiger partial charge in [0.2, 0.25) is 0 Å². The highest BCUT2D eigenvalue weighted by Crippen LogP contribution is 2.18. The molecule has 2 aromatic rings.